The zero-order chi connectivity index (χ0) is 15.2. The van der Waals surface area contributed by atoms with Crippen LogP contribution in [0.5, 0.6) is 0 Å². The van der Waals surface area contributed by atoms with Gasteiger partial charge in [0.05, 0.1) is 0 Å². The monoisotopic (exact) mass is 332 g/mol. The fourth-order valence-corrected chi connectivity index (χ4v) is 2.94. The second kappa shape index (κ2) is 9.06. The van der Waals surface area contributed by atoms with Gasteiger partial charge in [-0.1, -0.05) is 12.8 Å². The van der Waals surface area contributed by atoms with Crippen molar-refractivity contribution in [2.24, 2.45) is 11.7 Å². The van der Waals surface area contributed by atoms with Gasteiger partial charge in [0.2, 0.25) is 5.91 Å². The first-order valence-corrected chi connectivity index (χ1v) is 7.53. The van der Waals surface area contributed by atoms with Gasteiger partial charge in [-0.05, 0) is 55.5 Å². The van der Waals surface area contributed by atoms with E-state index in [0.717, 1.165) is 43.9 Å². The number of halogens is 3. The molecule has 3 nitrogen and oxygen atoms in total. The molecular weight excluding hydrogens is 310 g/mol. The molecule has 0 aromatic heterocycles. The van der Waals surface area contributed by atoms with E-state index in [1.807, 2.05) is 0 Å². The number of amides is 1. The summed E-state index contributed by atoms with van der Waals surface area (Å²) in [7, 11) is 0. The summed E-state index contributed by atoms with van der Waals surface area (Å²) in [6.45, 7) is 0.573. The van der Waals surface area contributed by atoms with Crippen molar-refractivity contribution in [1.82, 2.24) is 5.32 Å². The van der Waals surface area contributed by atoms with Gasteiger partial charge in [0.1, 0.15) is 11.6 Å². The van der Waals surface area contributed by atoms with Crippen molar-refractivity contribution in [3.05, 3.63) is 35.4 Å². The number of carbonyl (C=O) groups is 1. The minimum Gasteiger partial charge on any atom is -0.353 e. The Hall–Kier alpha value is -1.20. The minimum atomic E-state index is -0.484. The molecule has 1 aliphatic carbocycles. The fourth-order valence-electron chi connectivity index (χ4n) is 2.94. The molecule has 3 N–H and O–H groups in total. The molecule has 0 radical (unpaired) electrons. The van der Waals surface area contributed by atoms with E-state index in [1.54, 1.807) is 0 Å². The number of nitrogens with two attached hydrogens (primary N) is 1. The lowest BCUT2D eigenvalue weighted by molar-refractivity contribution is -0.122. The zero-order valence-electron chi connectivity index (χ0n) is 12.5. The molecule has 0 spiro atoms. The summed E-state index contributed by atoms with van der Waals surface area (Å²) in [5, 5.41) is 2.99. The molecule has 2 unspecified atom stereocenters. The Bertz CT molecular complexity index is 499. The highest BCUT2D eigenvalue weighted by Gasteiger charge is 2.25. The molecule has 2 atom stereocenters. The van der Waals surface area contributed by atoms with Crippen molar-refractivity contribution < 1.29 is 13.6 Å². The van der Waals surface area contributed by atoms with Gasteiger partial charge in [-0.25, -0.2) is 8.78 Å². The molecule has 1 amide bonds. The third-order valence-electron chi connectivity index (χ3n) is 4.19. The molecule has 0 aliphatic heterocycles. The Balaban J connectivity index is 0.00000242. The lowest BCUT2D eigenvalue weighted by atomic mass is 9.84. The van der Waals surface area contributed by atoms with Crippen LogP contribution in [0.15, 0.2) is 18.2 Å². The van der Waals surface area contributed by atoms with Gasteiger partial charge in [0.25, 0.3) is 0 Å². The van der Waals surface area contributed by atoms with Crippen LogP contribution in [0.4, 0.5) is 8.78 Å². The maximum atomic E-state index is 13.5. The van der Waals surface area contributed by atoms with Crippen molar-refractivity contribution in [2.75, 3.05) is 6.54 Å². The van der Waals surface area contributed by atoms with Gasteiger partial charge < -0.3 is 11.1 Å². The highest BCUT2D eigenvalue weighted by molar-refractivity contribution is 5.85. The van der Waals surface area contributed by atoms with Crippen LogP contribution in [0.3, 0.4) is 0 Å². The number of hydrogen-bond acceptors (Lipinski definition) is 2. The molecule has 0 bridgehead atoms. The molecule has 6 heteroatoms. The Labute approximate surface area is 136 Å². The SMILES string of the molecule is Cl.NCC1CCCCC1NC(=O)CCc1cc(F)ccc1F. The van der Waals surface area contributed by atoms with E-state index in [4.69, 9.17) is 5.73 Å². The summed E-state index contributed by atoms with van der Waals surface area (Å²) < 4.78 is 26.5. The molecule has 2 rings (SSSR count). The number of hydrogen-bond donors (Lipinski definition) is 2. The van der Waals surface area contributed by atoms with Gasteiger partial charge in [0.15, 0.2) is 0 Å². The van der Waals surface area contributed by atoms with E-state index < -0.39 is 11.6 Å². The van der Waals surface area contributed by atoms with Crippen molar-refractivity contribution in [2.45, 2.75) is 44.6 Å². The molecule has 1 aliphatic rings. The summed E-state index contributed by atoms with van der Waals surface area (Å²) in [4.78, 5) is 12.0. The van der Waals surface area contributed by atoms with Crippen LogP contribution in [-0.4, -0.2) is 18.5 Å². The summed E-state index contributed by atoms with van der Waals surface area (Å²) in [5.41, 5.74) is 5.97. The van der Waals surface area contributed by atoms with E-state index in [-0.39, 0.29) is 42.8 Å². The molecule has 1 fully saturated rings. The Kier molecular flexibility index (Phi) is 7.76. The minimum absolute atomic E-state index is 0. The highest BCUT2D eigenvalue weighted by Crippen LogP contribution is 2.23. The van der Waals surface area contributed by atoms with E-state index >= 15 is 0 Å². The first kappa shape index (κ1) is 18.8. The molecular formula is C16H23ClF2N2O. The first-order valence-electron chi connectivity index (χ1n) is 7.53. The molecule has 1 aromatic carbocycles. The summed E-state index contributed by atoms with van der Waals surface area (Å²) in [5.74, 6) is -0.749. The van der Waals surface area contributed by atoms with Gasteiger partial charge in [-0.15, -0.1) is 12.4 Å². The van der Waals surface area contributed by atoms with Crippen LogP contribution in [0, 0.1) is 17.6 Å². The number of benzene rings is 1. The van der Waals surface area contributed by atoms with E-state index in [9.17, 15) is 13.6 Å². The van der Waals surface area contributed by atoms with Crippen LogP contribution >= 0.6 is 12.4 Å². The van der Waals surface area contributed by atoms with Crippen molar-refractivity contribution in [3.63, 3.8) is 0 Å². The number of rotatable bonds is 5. The number of aryl methyl sites for hydroxylation is 1. The van der Waals surface area contributed by atoms with Crippen LogP contribution in [0.25, 0.3) is 0 Å². The standard InChI is InChI=1S/C16H22F2N2O.ClH/c17-13-6-7-14(18)11(9-13)5-8-16(21)20-15-4-2-1-3-12(15)10-19;/h6-7,9,12,15H,1-5,8,10,19H2,(H,20,21);1H. The third kappa shape index (κ3) is 5.21. The Morgan fingerprint density at radius 2 is 2.00 bits per heavy atom. The van der Waals surface area contributed by atoms with Gasteiger partial charge in [-0.2, -0.15) is 0 Å². The highest BCUT2D eigenvalue weighted by atomic mass is 35.5. The molecule has 0 heterocycles. The molecule has 1 aromatic rings. The number of carbonyl (C=O) groups excluding carboxylic acids is 1. The molecule has 1 saturated carbocycles. The topological polar surface area (TPSA) is 55.1 Å². The van der Waals surface area contributed by atoms with E-state index in [1.165, 1.54) is 0 Å². The Morgan fingerprint density at radius 1 is 1.27 bits per heavy atom. The van der Waals surface area contributed by atoms with Gasteiger partial charge >= 0.3 is 0 Å². The molecule has 22 heavy (non-hydrogen) atoms. The largest absolute Gasteiger partial charge is 0.353 e. The van der Waals surface area contributed by atoms with Crippen molar-refractivity contribution in [3.8, 4) is 0 Å². The molecule has 0 saturated heterocycles. The lowest BCUT2D eigenvalue weighted by Crippen LogP contribution is -2.44. The second-order valence-corrected chi connectivity index (χ2v) is 5.69. The average molecular weight is 333 g/mol. The predicted molar refractivity (Wildman–Crippen MR) is 84.9 cm³/mol. The van der Waals surface area contributed by atoms with Crippen molar-refractivity contribution >= 4 is 18.3 Å². The number of nitrogens with one attached hydrogen (secondary N) is 1. The molecule has 124 valence electrons. The summed E-state index contributed by atoms with van der Waals surface area (Å²) >= 11 is 0. The first-order chi connectivity index (χ1) is 10.1. The normalized spacial score (nSPS) is 21.0. The van der Waals surface area contributed by atoms with E-state index in [2.05, 4.69) is 5.32 Å². The smallest absolute Gasteiger partial charge is 0.220 e. The lowest BCUT2D eigenvalue weighted by Gasteiger charge is -2.31. The Morgan fingerprint density at radius 3 is 2.73 bits per heavy atom. The van der Waals surface area contributed by atoms with Crippen LogP contribution in [0.2, 0.25) is 0 Å². The van der Waals surface area contributed by atoms with Crippen LogP contribution in [-0.2, 0) is 11.2 Å². The third-order valence-corrected chi connectivity index (χ3v) is 4.19. The maximum absolute atomic E-state index is 13.5. The fraction of sp³-hybridized carbons (Fsp3) is 0.562. The maximum Gasteiger partial charge on any atom is 0.220 e. The second-order valence-electron chi connectivity index (χ2n) is 5.69. The summed E-state index contributed by atoms with van der Waals surface area (Å²) in [6, 6.07) is 3.43. The van der Waals surface area contributed by atoms with Crippen LogP contribution < -0.4 is 11.1 Å². The van der Waals surface area contributed by atoms with E-state index in [0.29, 0.717) is 12.5 Å². The van der Waals surface area contributed by atoms with Crippen molar-refractivity contribution in [1.29, 1.82) is 0 Å². The predicted octanol–water partition coefficient (Wildman–Crippen LogP) is 2.95. The van der Waals surface area contributed by atoms with Gasteiger partial charge in [0, 0.05) is 12.5 Å². The average Bonchev–Trinajstić information content (AvgIpc) is 2.49. The van der Waals surface area contributed by atoms with Gasteiger partial charge in [-0.3, -0.25) is 4.79 Å². The summed E-state index contributed by atoms with van der Waals surface area (Å²) in [6.07, 6.45) is 4.61. The quantitative estimate of drug-likeness (QED) is 0.871. The van der Waals surface area contributed by atoms with Crippen LogP contribution in [0.1, 0.15) is 37.7 Å². The zero-order valence-corrected chi connectivity index (χ0v) is 13.3.